The highest BCUT2D eigenvalue weighted by Crippen LogP contribution is 2.29. The van der Waals surface area contributed by atoms with E-state index in [1.54, 1.807) is 12.1 Å². The van der Waals surface area contributed by atoms with Crippen molar-refractivity contribution in [2.24, 2.45) is 0 Å². The fourth-order valence-corrected chi connectivity index (χ4v) is 4.44. The molecule has 0 heterocycles. The van der Waals surface area contributed by atoms with E-state index < -0.39 is 15.9 Å². The highest BCUT2D eigenvalue weighted by atomic mass is 32.2. The zero-order valence-electron chi connectivity index (χ0n) is 18.5. The van der Waals surface area contributed by atoms with Gasteiger partial charge in [0, 0.05) is 6.54 Å². The van der Waals surface area contributed by atoms with E-state index in [2.05, 4.69) is 4.72 Å². The lowest BCUT2D eigenvalue weighted by atomic mass is 9.87. The van der Waals surface area contributed by atoms with Crippen LogP contribution in [0.25, 0.3) is 0 Å². The van der Waals surface area contributed by atoms with Gasteiger partial charge >= 0.3 is 0 Å². The van der Waals surface area contributed by atoms with Gasteiger partial charge in [0.15, 0.2) is 0 Å². The van der Waals surface area contributed by atoms with Crippen molar-refractivity contribution in [3.05, 3.63) is 64.5 Å². The second-order valence-electron chi connectivity index (χ2n) is 8.46. The van der Waals surface area contributed by atoms with Crippen molar-refractivity contribution in [3.63, 3.8) is 0 Å². The van der Waals surface area contributed by atoms with Crippen LogP contribution < -0.4 is 4.72 Å². The second-order valence-corrected chi connectivity index (χ2v) is 10.1. The van der Waals surface area contributed by atoms with Crippen LogP contribution >= 0.6 is 0 Å². The Morgan fingerprint density at radius 2 is 1.50 bits per heavy atom. The topological polar surface area (TPSA) is 66.5 Å². The second kappa shape index (κ2) is 9.71. The molecule has 0 aliphatic carbocycles. The van der Waals surface area contributed by atoms with Crippen LogP contribution in [-0.4, -0.2) is 33.3 Å². The first kappa shape index (κ1) is 24.0. The SMILES string of the molecule is CC(C)c1cc(F)cc(C(C)C)c1CC(=O)NS(=O)(=O)c1ccc(CN(C)C)cc1. The number of carbonyl (C=O) groups is 1. The van der Waals surface area contributed by atoms with E-state index in [1.165, 1.54) is 24.3 Å². The maximum atomic E-state index is 14.1. The number of nitrogens with zero attached hydrogens (tertiary/aromatic N) is 1. The molecule has 2 aromatic rings. The first-order valence-corrected chi connectivity index (χ1v) is 11.5. The Kier molecular flexibility index (Phi) is 7.77. The van der Waals surface area contributed by atoms with Crippen LogP contribution in [0.4, 0.5) is 4.39 Å². The molecule has 0 aliphatic heterocycles. The van der Waals surface area contributed by atoms with Gasteiger partial charge < -0.3 is 4.90 Å². The Labute approximate surface area is 179 Å². The van der Waals surface area contributed by atoms with Crippen LogP contribution in [0.3, 0.4) is 0 Å². The number of sulfonamides is 1. The molecule has 5 nitrogen and oxygen atoms in total. The maximum Gasteiger partial charge on any atom is 0.264 e. The minimum atomic E-state index is -3.99. The number of hydrogen-bond acceptors (Lipinski definition) is 4. The quantitative estimate of drug-likeness (QED) is 0.677. The number of carbonyl (C=O) groups excluding carboxylic acids is 1. The molecule has 0 radical (unpaired) electrons. The Morgan fingerprint density at radius 3 is 1.93 bits per heavy atom. The maximum absolute atomic E-state index is 14.1. The zero-order chi connectivity index (χ0) is 22.6. The highest BCUT2D eigenvalue weighted by molar-refractivity contribution is 7.90. The normalized spacial score (nSPS) is 12.1. The van der Waals surface area contributed by atoms with Gasteiger partial charge in [-0.2, -0.15) is 0 Å². The van der Waals surface area contributed by atoms with Gasteiger partial charge in [-0.15, -0.1) is 0 Å². The molecule has 0 saturated heterocycles. The van der Waals surface area contributed by atoms with Gasteiger partial charge in [0.2, 0.25) is 5.91 Å². The lowest BCUT2D eigenvalue weighted by Crippen LogP contribution is -2.32. The monoisotopic (exact) mass is 434 g/mol. The summed E-state index contributed by atoms with van der Waals surface area (Å²) in [6.07, 6.45) is -0.126. The Bertz CT molecular complexity index is 969. The van der Waals surface area contributed by atoms with Crippen LogP contribution in [0.5, 0.6) is 0 Å². The molecule has 30 heavy (non-hydrogen) atoms. The molecule has 7 heteroatoms. The van der Waals surface area contributed by atoms with Crippen molar-refractivity contribution in [1.82, 2.24) is 9.62 Å². The summed E-state index contributed by atoms with van der Waals surface area (Å²) in [4.78, 5) is 14.7. The molecule has 0 unspecified atom stereocenters. The molecule has 0 saturated carbocycles. The molecule has 0 aliphatic rings. The van der Waals surface area contributed by atoms with E-state index in [0.29, 0.717) is 12.1 Å². The molecule has 2 aromatic carbocycles. The van der Waals surface area contributed by atoms with Crippen molar-refractivity contribution in [2.75, 3.05) is 14.1 Å². The third-order valence-corrected chi connectivity index (χ3v) is 6.23. The van der Waals surface area contributed by atoms with Crippen molar-refractivity contribution in [3.8, 4) is 0 Å². The van der Waals surface area contributed by atoms with Gasteiger partial charge in [0.1, 0.15) is 5.82 Å². The van der Waals surface area contributed by atoms with Gasteiger partial charge in [-0.05, 0) is 72.5 Å². The van der Waals surface area contributed by atoms with Gasteiger partial charge in [-0.25, -0.2) is 17.5 Å². The number of hydrogen-bond donors (Lipinski definition) is 1. The zero-order valence-corrected chi connectivity index (χ0v) is 19.3. The van der Waals surface area contributed by atoms with E-state index >= 15 is 0 Å². The summed E-state index contributed by atoms with van der Waals surface area (Å²) in [7, 11) is -0.131. The van der Waals surface area contributed by atoms with Gasteiger partial charge in [0.05, 0.1) is 11.3 Å². The smallest absolute Gasteiger partial charge is 0.264 e. The summed E-state index contributed by atoms with van der Waals surface area (Å²) >= 11 is 0. The molecule has 0 bridgehead atoms. The third-order valence-electron chi connectivity index (χ3n) is 4.85. The summed E-state index contributed by atoms with van der Waals surface area (Å²) in [6, 6.07) is 9.30. The number of nitrogens with one attached hydrogen (secondary N) is 1. The lowest BCUT2D eigenvalue weighted by molar-refractivity contribution is -0.118. The third kappa shape index (κ3) is 6.12. The van der Waals surface area contributed by atoms with Crippen molar-refractivity contribution in [2.45, 2.75) is 57.4 Å². The fraction of sp³-hybridized carbons (Fsp3) is 0.435. The minimum absolute atomic E-state index is 0.00171. The average Bonchev–Trinajstić information content (AvgIpc) is 2.61. The van der Waals surface area contributed by atoms with E-state index in [-0.39, 0.29) is 29.0 Å². The first-order chi connectivity index (χ1) is 13.9. The summed E-state index contributed by atoms with van der Waals surface area (Å²) < 4.78 is 41.5. The van der Waals surface area contributed by atoms with Crippen LogP contribution in [0, 0.1) is 5.82 Å². The van der Waals surface area contributed by atoms with Crippen molar-refractivity contribution in [1.29, 1.82) is 0 Å². The molecule has 0 atom stereocenters. The standard InChI is InChI=1S/C23H31FN2O3S/c1-15(2)20-11-18(24)12-21(16(3)4)22(20)13-23(27)25-30(28,29)19-9-7-17(8-10-19)14-26(5)6/h7-12,15-16H,13-14H2,1-6H3,(H,25,27). The summed E-state index contributed by atoms with van der Waals surface area (Å²) in [6.45, 7) is 8.38. The largest absolute Gasteiger partial charge is 0.305 e. The van der Waals surface area contributed by atoms with Crippen molar-refractivity contribution < 1.29 is 17.6 Å². The molecule has 0 aromatic heterocycles. The van der Waals surface area contributed by atoms with Crippen LogP contribution in [0.1, 0.15) is 61.8 Å². The molecule has 164 valence electrons. The highest BCUT2D eigenvalue weighted by Gasteiger charge is 2.22. The predicted molar refractivity (Wildman–Crippen MR) is 117 cm³/mol. The van der Waals surface area contributed by atoms with Crippen molar-refractivity contribution >= 4 is 15.9 Å². The Morgan fingerprint density at radius 1 is 1.00 bits per heavy atom. The van der Waals surface area contributed by atoms with Gasteiger partial charge in [-0.3, -0.25) is 4.79 Å². The molecule has 0 fully saturated rings. The Balaban J connectivity index is 2.26. The van der Waals surface area contributed by atoms with Gasteiger partial charge in [-0.1, -0.05) is 39.8 Å². The van der Waals surface area contributed by atoms with Gasteiger partial charge in [0.25, 0.3) is 10.0 Å². The van der Waals surface area contributed by atoms with Crippen LogP contribution in [0.2, 0.25) is 0 Å². The fourth-order valence-electron chi connectivity index (χ4n) is 3.46. The average molecular weight is 435 g/mol. The summed E-state index contributed by atoms with van der Waals surface area (Å²) in [5.74, 6) is -0.983. The van der Waals surface area contributed by atoms with E-state index in [0.717, 1.165) is 16.7 Å². The number of rotatable bonds is 8. The summed E-state index contributed by atoms with van der Waals surface area (Å²) in [5.41, 5.74) is 3.11. The van der Waals surface area contributed by atoms with Crippen LogP contribution in [-0.2, 0) is 27.8 Å². The number of halogens is 1. The molecular formula is C23H31FN2O3S. The lowest BCUT2D eigenvalue weighted by Gasteiger charge is -2.20. The van der Waals surface area contributed by atoms with E-state index in [9.17, 15) is 17.6 Å². The first-order valence-electron chi connectivity index (χ1n) is 10.0. The minimum Gasteiger partial charge on any atom is -0.305 e. The molecule has 0 spiro atoms. The molecular weight excluding hydrogens is 403 g/mol. The number of amides is 1. The number of benzene rings is 2. The molecule has 2 rings (SSSR count). The van der Waals surface area contributed by atoms with E-state index in [1.807, 2.05) is 46.7 Å². The predicted octanol–water partition coefficient (Wildman–Crippen LogP) is 4.18. The molecule has 1 amide bonds. The molecule has 1 N–H and O–H groups in total. The summed E-state index contributed by atoms with van der Waals surface area (Å²) in [5, 5.41) is 0. The Hall–Kier alpha value is -2.25. The van der Waals surface area contributed by atoms with Crippen LogP contribution in [0.15, 0.2) is 41.3 Å². The van der Waals surface area contributed by atoms with E-state index in [4.69, 9.17) is 0 Å².